The highest BCUT2D eigenvalue weighted by Gasteiger charge is 2.53. The van der Waals surface area contributed by atoms with Gasteiger partial charge < -0.3 is 29.0 Å². The van der Waals surface area contributed by atoms with E-state index in [0.29, 0.717) is 34.3 Å². The molecule has 6 aliphatic rings. The number of ether oxygens (including phenoxy) is 5. The molecule has 0 radical (unpaired) electrons. The molecule has 2 aromatic rings. The second-order valence-corrected chi connectivity index (χ2v) is 16.0. The van der Waals surface area contributed by atoms with Crippen LogP contribution in [0.4, 0.5) is 4.79 Å². The van der Waals surface area contributed by atoms with Crippen molar-refractivity contribution in [1.29, 1.82) is 0 Å². The second-order valence-electron chi connectivity index (χ2n) is 15.2. The van der Waals surface area contributed by atoms with E-state index in [4.69, 9.17) is 46.9 Å². The van der Waals surface area contributed by atoms with E-state index in [9.17, 15) is 24.0 Å². The van der Waals surface area contributed by atoms with Crippen LogP contribution >= 0.6 is 35.6 Å². The number of fused-ring (bicyclic) bond motifs is 6. The van der Waals surface area contributed by atoms with Crippen LogP contribution in [0.5, 0.6) is 0 Å². The Bertz CT molecular complexity index is 2100. The first-order valence-corrected chi connectivity index (χ1v) is 19.3. The number of hydrogen-bond acceptors (Lipinski definition) is 10. The molecule has 2 aliphatic carbocycles. The molecule has 0 spiro atoms. The Balaban J connectivity index is 0.000000289. The maximum atomic E-state index is 13.2. The van der Waals surface area contributed by atoms with E-state index < -0.39 is 42.2 Å². The molecule has 0 bridgehead atoms. The number of cyclic esters (lactones) is 2. The minimum Gasteiger partial charge on any atom is -0.458 e. The van der Waals surface area contributed by atoms with Gasteiger partial charge in [-0.05, 0) is 83.6 Å². The fourth-order valence-corrected chi connectivity index (χ4v) is 7.59. The Morgan fingerprint density at radius 1 is 0.780 bits per heavy atom. The third kappa shape index (κ3) is 9.66. The highest BCUT2D eigenvalue weighted by Crippen LogP contribution is 2.50. The van der Waals surface area contributed by atoms with Gasteiger partial charge in [-0.1, -0.05) is 63.4 Å². The maximum absolute atomic E-state index is 13.2. The van der Waals surface area contributed by atoms with E-state index in [1.165, 1.54) is 28.6 Å². The zero-order valence-corrected chi connectivity index (χ0v) is 34.9. The van der Waals surface area contributed by atoms with Gasteiger partial charge in [-0.15, -0.1) is 35.6 Å². The van der Waals surface area contributed by atoms with Crippen molar-refractivity contribution in [2.24, 2.45) is 11.8 Å². The van der Waals surface area contributed by atoms with Crippen molar-refractivity contribution < 1.29 is 47.7 Å². The molecule has 0 aromatic heterocycles. The van der Waals surface area contributed by atoms with Crippen LogP contribution in [0.15, 0.2) is 94.5 Å². The Morgan fingerprint density at radius 2 is 1.24 bits per heavy atom. The summed E-state index contributed by atoms with van der Waals surface area (Å²) in [5.74, 6) is -1.54. The van der Waals surface area contributed by atoms with Gasteiger partial charge in [-0.3, -0.25) is 9.59 Å². The number of nitrogens with zero attached hydrogens (tertiary/aromatic N) is 1. The van der Waals surface area contributed by atoms with Crippen molar-refractivity contribution in [1.82, 2.24) is 10.2 Å². The summed E-state index contributed by atoms with van der Waals surface area (Å²) in [6.07, 6.45) is 1.96. The minimum absolute atomic E-state index is 0. The summed E-state index contributed by atoms with van der Waals surface area (Å²) in [5, 5.41) is 3.21. The van der Waals surface area contributed by atoms with Crippen molar-refractivity contribution in [2.75, 3.05) is 5.34 Å². The minimum atomic E-state index is -0.865. The lowest BCUT2D eigenvalue weighted by Crippen LogP contribution is -2.39. The summed E-state index contributed by atoms with van der Waals surface area (Å²) in [6.45, 7) is 12.2. The van der Waals surface area contributed by atoms with E-state index in [0.717, 1.165) is 23.1 Å². The zero-order valence-electron chi connectivity index (χ0n) is 32.6. The van der Waals surface area contributed by atoms with Crippen LogP contribution in [0, 0.1) is 11.8 Å². The average molecular weight is 876 g/mol. The summed E-state index contributed by atoms with van der Waals surface area (Å²) in [6, 6.07) is 15.5. The predicted octanol–water partition coefficient (Wildman–Crippen LogP) is 9.06. The molecular weight excluding hydrogens is 823 g/mol. The number of benzene rings is 2. The smallest absolute Gasteiger partial charge is 0.417 e. The number of carbonyl (C=O) groups excluding carboxylic acids is 5. The second kappa shape index (κ2) is 19.5. The number of imide groups is 1. The Labute approximate surface area is 362 Å². The number of nitrogens with one attached hydrogen (secondary N) is 1. The fraction of sp³-hybridized carbons (Fsp3) is 0.432. The molecule has 59 heavy (non-hydrogen) atoms. The van der Waals surface area contributed by atoms with Crippen molar-refractivity contribution in [2.45, 2.75) is 106 Å². The number of likely N-dealkylation sites (tertiary alicyclic amines) is 1. The summed E-state index contributed by atoms with van der Waals surface area (Å²) in [7, 11) is 0. The Morgan fingerprint density at radius 3 is 1.73 bits per heavy atom. The fourth-order valence-electron chi connectivity index (χ4n) is 7.59. The molecule has 0 saturated carbocycles. The molecule has 3 amide bonds. The maximum Gasteiger partial charge on any atom is 0.417 e. The normalized spacial score (nSPS) is 25.7. The molecule has 4 aliphatic heterocycles. The number of alkyl halides is 2. The van der Waals surface area contributed by atoms with E-state index in [1.807, 2.05) is 36.4 Å². The molecule has 6 atom stereocenters. The first kappa shape index (κ1) is 48.6. The lowest BCUT2D eigenvalue weighted by molar-refractivity contribution is -0.154. The number of esters is 2. The van der Waals surface area contributed by atoms with Crippen molar-refractivity contribution in [3.05, 3.63) is 117 Å². The number of carbonyl (C=O) groups is 5. The van der Waals surface area contributed by atoms with Gasteiger partial charge in [-0.2, -0.15) is 0 Å². The summed E-state index contributed by atoms with van der Waals surface area (Å²) < 4.78 is 27.1. The van der Waals surface area contributed by atoms with Crippen LogP contribution < -0.4 is 5.32 Å². The quantitative estimate of drug-likeness (QED) is 0.104. The van der Waals surface area contributed by atoms with Gasteiger partial charge >= 0.3 is 18.0 Å². The van der Waals surface area contributed by atoms with Crippen LogP contribution in [0.25, 0.3) is 0 Å². The number of hydrogen-bond donors (Lipinski definition) is 1. The molecule has 2 saturated heterocycles. The average Bonchev–Trinajstić information content (AvgIpc) is 3.95. The molecule has 2 fully saturated rings. The summed E-state index contributed by atoms with van der Waals surface area (Å²) in [5.41, 5.74) is 7.17. The predicted molar refractivity (Wildman–Crippen MR) is 226 cm³/mol. The topological polar surface area (TPSA) is 147 Å². The van der Waals surface area contributed by atoms with E-state index in [1.54, 1.807) is 48.5 Å². The van der Waals surface area contributed by atoms with Gasteiger partial charge in [0.25, 0.3) is 24.4 Å². The summed E-state index contributed by atoms with van der Waals surface area (Å²) >= 11 is 9.53. The lowest BCUT2D eigenvalue weighted by atomic mass is 9.97. The Hall–Kier alpha value is -4.78. The standard InChI is InChI=1S/C23H25NO6.C18H17NO4.CH2Cl2.2CH4.ClH/c1-12-13(2)21(29-20(12)26)28-11-17-16-10-14-8-6-7-9-15(14)18(16)24(19(17)25)22(27)30-23(3,4)5;1-9-10(2)18(23-17(9)21)22-8-14-13-7-11-5-3-4-6-12(11)15(13)19-16(14)20;2-1-3;;;/h6-9,11,16,18,21H,10H2,1-5H3;3-6,8,13,15,18H,7H2,1-2H3,(H,19,20);1H2;2*1H4;1H/b17-11+;14-8+;;;;/t16-,18-,21-;13-,15-,18-;;;;/m11..../s1. The third-order valence-corrected chi connectivity index (χ3v) is 10.7. The van der Waals surface area contributed by atoms with E-state index in [2.05, 4.69) is 17.4 Å². The zero-order chi connectivity index (χ0) is 40.6. The van der Waals surface area contributed by atoms with Crippen molar-refractivity contribution >= 4 is 65.5 Å². The van der Waals surface area contributed by atoms with Crippen LogP contribution in [-0.4, -0.2) is 58.3 Å². The molecule has 8 rings (SSSR count). The number of halogens is 3. The van der Waals surface area contributed by atoms with Crippen LogP contribution in [-0.2, 0) is 55.7 Å². The summed E-state index contributed by atoms with van der Waals surface area (Å²) in [4.78, 5) is 62.8. The van der Waals surface area contributed by atoms with E-state index >= 15 is 0 Å². The first-order valence-electron chi connectivity index (χ1n) is 18.2. The number of amides is 3. The molecular formula is C44H53Cl3N2O10. The molecule has 0 unspecified atom stereocenters. The Kier molecular flexibility index (Phi) is 16.1. The third-order valence-electron chi connectivity index (χ3n) is 10.7. The largest absolute Gasteiger partial charge is 0.458 e. The molecule has 320 valence electrons. The molecule has 2 aromatic carbocycles. The highest BCUT2D eigenvalue weighted by atomic mass is 35.5. The molecule has 12 nitrogen and oxygen atoms in total. The molecule has 15 heteroatoms. The van der Waals surface area contributed by atoms with Gasteiger partial charge in [0, 0.05) is 34.1 Å². The van der Waals surface area contributed by atoms with Gasteiger partial charge in [0.1, 0.15) is 5.60 Å². The van der Waals surface area contributed by atoms with E-state index in [-0.39, 0.29) is 62.4 Å². The van der Waals surface area contributed by atoms with Gasteiger partial charge in [-0.25, -0.2) is 19.3 Å². The SMILES string of the molecule is C.C.CC1=C(C)[C@H](O/C=C2/C(=O)N(C(=O)OC(C)(C)C)[C@@H]3c4ccccc4C[C@H]23)OC1=O.CC1=C(C)[C@H](O/C=C2/C(=O)N[C@@H]3c4ccccc4C[C@H]23)OC1=O.Cl.ClCCl. The molecule has 1 N–H and O–H groups in total. The van der Waals surface area contributed by atoms with Crippen LogP contribution in [0.1, 0.15) is 97.7 Å². The van der Waals surface area contributed by atoms with Gasteiger partial charge in [0.05, 0.1) is 41.1 Å². The van der Waals surface area contributed by atoms with Crippen LogP contribution in [0.3, 0.4) is 0 Å². The van der Waals surface area contributed by atoms with Gasteiger partial charge in [0.2, 0.25) is 0 Å². The monoisotopic (exact) mass is 874 g/mol. The van der Waals surface area contributed by atoms with Crippen molar-refractivity contribution in [3.8, 4) is 0 Å². The molecule has 4 heterocycles. The highest BCUT2D eigenvalue weighted by molar-refractivity contribution is 6.40. The van der Waals surface area contributed by atoms with Gasteiger partial charge in [0.15, 0.2) is 0 Å². The van der Waals surface area contributed by atoms with Crippen molar-refractivity contribution in [3.63, 3.8) is 0 Å². The first-order chi connectivity index (χ1) is 26.6. The number of rotatable bonds is 4. The lowest BCUT2D eigenvalue weighted by Gasteiger charge is -2.27. The van der Waals surface area contributed by atoms with Crippen LogP contribution in [0.2, 0.25) is 0 Å².